The highest BCUT2D eigenvalue weighted by Crippen LogP contribution is 2.31. The molecule has 1 fully saturated rings. The first-order chi connectivity index (χ1) is 9.41. The van der Waals surface area contributed by atoms with E-state index in [-0.39, 0.29) is 25.0 Å². The average molecular weight is 288 g/mol. The van der Waals surface area contributed by atoms with E-state index in [1.165, 1.54) is 0 Å². The molecule has 0 heterocycles. The largest absolute Gasteiger partial charge is 0.481 e. The molecule has 0 amide bonds. The second-order valence-electron chi connectivity index (χ2n) is 5.28. The van der Waals surface area contributed by atoms with Crippen LogP contribution in [0.3, 0.4) is 0 Å². The third-order valence-electron chi connectivity index (χ3n) is 3.59. The van der Waals surface area contributed by atoms with E-state index in [0.717, 1.165) is 0 Å². The van der Waals surface area contributed by atoms with Crippen LogP contribution >= 0.6 is 0 Å². The molecule has 1 aliphatic rings. The SMILES string of the molecule is C=C(C)C(O)OCCOC(O)C1CCC(C(=O)O)CC1. The van der Waals surface area contributed by atoms with Crippen molar-refractivity contribution in [3.63, 3.8) is 0 Å². The maximum Gasteiger partial charge on any atom is 0.306 e. The summed E-state index contributed by atoms with van der Waals surface area (Å²) in [5.41, 5.74) is 0.512. The van der Waals surface area contributed by atoms with E-state index in [1.54, 1.807) is 6.92 Å². The molecule has 1 rings (SSSR count). The van der Waals surface area contributed by atoms with E-state index < -0.39 is 18.5 Å². The highest BCUT2D eigenvalue weighted by molar-refractivity contribution is 5.69. The van der Waals surface area contributed by atoms with Crippen LogP contribution < -0.4 is 0 Å². The fraction of sp³-hybridized carbons (Fsp3) is 0.786. The van der Waals surface area contributed by atoms with E-state index in [1.807, 2.05) is 0 Å². The monoisotopic (exact) mass is 288 g/mol. The molecular weight excluding hydrogens is 264 g/mol. The van der Waals surface area contributed by atoms with Crippen molar-refractivity contribution in [1.82, 2.24) is 0 Å². The van der Waals surface area contributed by atoms with Gasteiger partial charge in [0.1, 0.15) is 0 Å². The van der Waals surface area contributed by atoms with Gasteiger partial charge in [0.2, 0.25) is 0 Å². The first-order valence-corrected chi connectivity index (χ1v) is 6.89. The van der Waals surface area contributed by atoms with Crippen LogP contribution in [-0.2, 0) is 14.3 Å². The van der Waals surface area contributed by atoms with E-state index in [0.29, 0.717) is 31.3 Å². The van der Waals surface area contributed by atoms with E-state index >= 15 is 0 Å². The molecule has 0 spiro atoms. The maximum atomic E-state index is 10.8. The Bertz CT molecular complexity index is 322. The summed E-state index contributed by atoms with van der Waals surface area (Å²) in [6.07, 6.45) is 0.522. The summed E-state index contributed by atoms with van der Waals surface area (Å²) >= 11 is 0. The number of ether oxygens (including phenoxy) is 2. The van der Waals surface area contributed by atoms with Gasteiger partial charge in [-0.15, -0.1) is 0 Å². The zero-order chi connectivity index (χ0) is 15.1. The number of hydrogen-bond acceptors (Lipinski definition) is 5. The Morgan fingerprint density at radius 1 is 1.20 bits per heavy atom. The van der Waals surface area contributed by atoms with Gasteiger partial charge in [-0.25, -0.2) is 0 Å². The van der Waals surface area contributed by atoms with Gasteiger partial charge >= 0.3 is 5.97 Å². The van der Waals surface area contributed by atoms with Gasteiger partial charge in [-0.3, -0.25) is 4.79 Å². The predicted molar refractivity (Wildman–Crippen MR) is 71.8 cm³/mol. The molecular formula is C14H24O6. The standard InChI is InChI=1S/C14H24O6/c1-9(2)13(17)19-7-8-20-14(18)11-5-3-10(4-6-11)12(15)16/h10-11,13-14,17-18H,1,3-8H2,2H3,(H,15,16). The summed E-state index contributed by atoms with van der Waals surface area (Å²) in [5, 5.41) is 28.1. The van der Waals surface area contributed by atoms with Gasteiger partial charge in [-0.05, 0) is 38.2 Å². The number of aliphatic hydroxyl groups is 2. The van der Waals surface area contributed by atoms with Gasteiger partial charge in [0.05, 0.1) is 19.1 Å². The summed E-state index contributed by atoms with van der Waals surface area (Å²) in [5.74, 6) is -1.09. The highest BCUT2D eigenvalue weighted by atomic mass is 16.6. The minimum atomic E-state index is -1.01. The topological polar surface area (TPSA) is 96.2 Å². The Morgan fingerprint density at radius 3 is 2.25 bits per heavy atom. The van der Waals surface area contributed by atoms with Gasteiger partial charge in [-0.1, -0.05) is 6.58 Å². The molecule has 1 saturated carbocycles. The molecule has 0 bridgehead atoms. The van der Waals surface area contributed by atoms with Crippen LogP contribution in [0.1, 0.15) is 32.6 Å². The van der Waals surface area contributed by atoms with Crippen LogP contribution in [0.25, 0.3) is 0 Å². The normalized spacial score (nSPS) is 25.9. The van der Waals surface area contributed by atoms with E-state index in [2.05, 4.69) is 6.58 Å². The fourth-order valence-corrected chi connectivity index (χ4v) is 2.26. The van der Waals surface area contributed by atoms with Gasteiger partial charge in [0, 0.05) is 5.92 Å². The van der Waals surface area contributed by atoms with Crippen LogP contribution in [-0.4, -0.2) is 47.1 Å². The van der Waals surface area contributed by atoms with Gasteiger partial charge < -0.3 is 24.8 Å². The third-order valence-corrected chi connectivity index (χ3v) is 3.59. The lowest BCUT2D eigenvalue weighted by atomic mass is 9.82. The van der Waals surface area contributed by atoms with E-state index in [9.17, 15) is 15.0 Å². The average Bonchev–Trinajstić information content (AvgIpc) is 2.43. The molecule has 0 radical (unpaired) electrons. The second-order valence-corrected chi connectivity index (χ2v) is 5.28. The van der Waals surface area contributed by atoms with E-state index in [4.69, 9.17) is 14.6 Å². The Kier molecular flexibility index (Phi) is 7.15. The van der Waals surface area contributed by atoms with Crippen LogP contribution in [0, 0.1) is 11.8 Å². The molecule has 0 saturated heterocycles. The fourth-order valence-electron chi connectivity index (χ4n) is 2.26. The summed E-state index contributed by atoms with van der Waals surface area (Å²) in [4.78, 5) is 10.8. The zero-order valence-electron chi connectivity index (χ0n) is 11.8. The number of hydrogen-bond donors (Lipinski definition) is 3. The summed E-state index contributed by atoms with van der Waals surface area (Å²) in [6.45, 7) is 5.54. The predicted octanol–water partition coefficient (Wildman–Crippen LogP) is 1.12. The van der Waals surface area contributed by atoms with Gasteiger partial charge in [0.25, 0.3) is 0 Å². The zero-order valence-corrected chi connectivity index (χ0v) is 11.8. The smallest absolute Gasteiger partial charge is 0.306 e. The van der Waals surface area contributed by atoms with Crippen molar-refractivity contribution in [1.29, 1.82) is 0 Å². The molecule has 2 unspecified atom stereocenters. The molecule has 6 nitrogen and oxygen atoms in total. The molecule has 0 aromatic heterocycles. The van der Waals surface area contributed by atoms with Crippen molar-refractivity contribution in [2.45, 2.75) is 45.2 Å². The second kappa shape index (κ2) is 8.36. The summed E-state index contributed by atoms with van der Waals surface area (Å²) in [7, 11) is 0. The molecule has 6 heteroatoms. The lowest BCUT2D eigenvalue weighted by molar-refractivity contribution is -0.167. The van der Waals surface area contributed by atoms with Crippen LogP contribution in [0.2, 0.25) is 0 Å². The highest BCUT2D eigenvalue weighted by Gasteiger charge is 2.30. The number of aliphatic carboxylic acids is 1. The van der Waals surface area contributed by atoms with Crippen molar-refractivity contribution < 1.29 is 29.6 Å². The number of carboxylic acids is 1. The van der Waals surface area contributed by atoms with Crippen molar-refractivity contribution in [3.8, 4) is 0 Å². The molecule has 3 N–H and O–H groups in total. The van der Waals surface area contributed by atoms with Crippen molar-refractivity contribution in [3.05, 3.63) is 12.2 Å². The minimum Gasteiger partial charge on any atom is -0.481 e. The Hall–Kier alpha value is -0.950. The quantitative estimate of drug-likeness (QED) is 0.352. The Morgan fingerprint density at radius 2 is 1.75 bits per heavy atom. The number of carboxylic acid groups (broad SMARTS) is 1. The Balaban J connectivity index is 2.16. The first kappa shape index (κ1) is 17.1. The first-order valence-electron chi connectivity index (χ1n) is 6.89. The summed E-state index contributed by atoms with van der Waals surface area (Å²) < 4.78 is 10.3. The lowest BCUT2D eigenvalue weighted by Crippen LogP contribution is -2.31. The molecule has 2 atom stereocenters. The summed E-state index contributed by atoms with van der Waals surface area (Å²) in [6, 6.07) is 0. The van der Waals surface area contributed by atoms with Crippen LogP contribution in [0.5, 0.6) is 0 Å². The van der Waals surface area contributed by atoms with Crippen molar-refractivity contribution in [2.24, 2.45) is 11.8 Å². The number of carbonyl (C=O) groups is 1. The van der Waals surface area contributed by atoms with Gasteiger partial charge in [0.15, 0.2) is 12.6 Å². The molecule has 0 aromatic carbocycles. The van der Waals surface area contributed by atoms with Crippen molar-refractivity contribution >= 4 is 5.97 Å². The van der Waals surface area contributed by atoms with Gasteiger partial charge in [-0.2, -0.15) is 0 Å². The Labute approximate surface area is 119 Å². The van der Waals surface area contributed by atoms with Crippen LogP contribution in [0.4, 0.5) is 0 Å². The van der Waals surface area contributed by atoms with Crippen LogP contribution in [0.15, 0.2) is 12.2 Å². The number of aliphatic hydroxyl groups excluding tert-OH is 2. The molecule has 0 aromatic rings. The molecule has 1 aliphatic carbocycles. The molecule has 0 aliphatic heterocycles. The number of rotatable bonds is 8. The van der Waals surface area contributed by atoms with Crippen molar-refractivity contribution in [2.75, 3.05) is 13.2 Å². The lowest BCUT2D eigenvalue weighted by Gasteiger charge is -2.29. The molecule has 20 heavy (non-hydrogen) atoms. The maximum absolute atomic E-state index is 10.8. The third kappa shape index (κ3) is 5.58. The molecule has 116 valence electrons. The minimum absolute atomic E-state index is 0.0309.